The molecule has 0 aliphatic rings. The first-order valence-electron chi connectivity index (χ1n) is 5.57. The van der Waals surface area contributed by atoms with Crippen molar-refractivity contribution in [3.8, 4) is 0 Å². The fourth-order valence-electron chi connectivity index (χ4n) is 2.06. The van der Waals surface area contributed by atoms with Gasteiger partial charge in [-0.1, -0.05) is 28.1 Å². The lowest BCUT2D eigenvalue weighted by Crippen LogP contribution is -2.12. The van der Waals surface area contributed by atoms with Crippen LogP contribution in [0.4, 0.5) is 0 Å². The van der Waals surface area contributed by atoms with Crippen LogP contribution < -0.4 is 5.73 Å². The van der Waals surface area contributed by atoms with E-state index >= 15 is 0 Å². The molecule has 0 fully saturated rings. The van der Waals surface area contributed by atoms with Crippen LogP contribution in [-0.4, -0.2) is 0 Å². The molecule has 17 heavy (non-hydrogen) atoms. The van der Waals surface area contributed by atoms with Gasteiger partial charge < -0.3 is 5.73 Å². The van der Waals surface area contributed by atoms with Crippen molar-refractivity contribution in [2.75, 3.05) is 0 Å². The van der Waals surface area contributed by atoms with E-state index in [1.165, 1.54) is 31.6 Å². The van der Waals surface area contributed by atoms with E-state index in [1.54, 1.807) is 11.3 Å². The average molecular weight is 310 g/mol. The molecule has 0 radical (unpaired) electrons. The predicted octanol–water partition coefficient (Wildman–Crippen LogP) is 4.48. The van der Waals surface area contributed by atoms with Crippen molar-refractivity contribution in [3.05, 3.63) is 55.2 Å². The Balaban J connectivity index is 2.45. The second kappa shape index (κ2) is 4.92. The average Bonchev–Trinajstić information content (AvgIpc) is 2.70. The minimum absolute atomic E-state index is 0.0215. The highest BCUT2D eigenvalue weighted by Crippen LogP contribution is 2.30. The summed E-state index contributed by atoms with van der Waals surface area (Å²) in [5, 5.41) is 2.10. The number of aryl methyl sites for hydroxylation is 3. The van der Waals surface area contributed by atoms with E-state index in [9.17, 15) is 0 Å². The molecule has 1 aromatic carbocycles. The molecule has 1 unspecified atom stereocenters. The molecule has 2 N–H and O–H groups in total. The molecule has 0 aliphatic carbocycles. The maximum absolute atomic E-state index is 6.34. The summed E-state index contributed by atoms with van der Waals surface area (Å²) < 4.78 is 1.18. The van der Waals surface area contributed by atoms with Gasteiger partial charge in [-0.3, -0.25) is 0 Å². The molecule has 0 amide bonds. The van der Waals surface area contributed by atoms with Crippen LogP contribution in [0.2, 0.25) is 0 Å². The molecule has 1 aromatic heterocycles. The molecule has 1 atom stereocenters. The van der Waals surface area contributed by atoms with Gasteiger partial charge in [0.05, 0.1) is 6.04 Å². The summed E-state index contributed by atoms with van der Waals surface area (Å²) in [6.07, 6.45) is 0. The first-order valence-corrected chi connectivity index (χ1v) is 7.24. The number of halogens is 1. The molecule has 2 aromatic rings. The second-order valence-corrected chi connectivity index (χ2v) is 6.29. The summed E-state index contributed by atoms with van der Waals surface area (Å²) in [7, 11) is 0. The largest absolute Gasteiger partial charge is 0.320 e. The first kappa shape index (κ1) is 12.8. The van der Waals surface area contributed by atoms with E-state index in [4.69, 9.17) is 5.73 Å². The molecule has 90 valence electrons. The summed E-state index contributed by atoms with van der Waals surface area (Å²) >= 11 is 5.34. The van der Waals surface area contributed by atoms with Gasteiger partial charge >= 0.3 is 0 Å². The highest BCUT2D eigenvalue weighted by atomic mass is 79.9. The highest BCUT2D eigenvalue weighted by molar-refractivity contribution is 9.10. The number of nitrogens with two attached hydrogens (primary N) is 1. The van der Waals surface area contributed by atoms with E-state index in [-0.39, 0.29) is 6.04 Å². The molecule has 3 heteroatoms. The van der Waals surface area contributed by atoms with Crippen molar-refractivity contribution in [1.29, 1.82) is 0 Å². The second-order valence-electron chi connectivity index (χ2n) is 4.38. The van der Waals surface area contributed by atoms with Crippen molar-refractivity contribution in [3.63, 3.8) is 0 Å². The number of benzene rings is 1. The maximum atomic E-state index is 6.34. The molecule has 0 aliphatic heterocycles. The Bertz CT molecular complexity index is 522. The maximum Gasteiger partial charge on any atom is 0.0562 e. The fourth-order valence-corrected chi connectivity index (χ4v) is 3.03. The molecule has 1 heterocycles. The van der Waals surface area contributed by atoms with Gasteiger partial charge in [0, 0.05) is 9.35 Å². The Kier molecular flexibility index (Phi) is 3.71. The van der Waals surface area contributed by atoms with Gasteiger partial charge in [0.1, 0.15) is 0 Å². The topological polar surface area (TPSA) is 26.0 Å². The Hall–Kier alpha value is -0.640. The zero-order valence-electron chi connectivity index (χ0n) is 10.3. The quantitative estimate of drug-likeness (QED) is 0.869. The number of rotatable bonds is 2. The van der Waals surface area contributed by atoms with E-state index < -0.39 is 0 Å². The van der Waals surface area contributed by atoms with Gasteiger partial charge in [-0.2, -0.15) is 0 Å². The summed E-state index contributed by atoms with van der Waals surface area (Å²) in [4.78, 5) is 1.30. The van der Waals surface area contributed by atoms with Gasteiger partial charge in [-0.15, -0.1) is 11.3 Å². The van der Waals surface area contributed by atoms with Crippen LogP contribution >= 0.6 is 27.3 Å². The molecule has 1 nitrogen and oxygen atoms in total. The van der Waals surface area contributed by atoms with Crippen LogP contribution in [0.1, 0.15) is 33.2 Å². The van der Waals surface area contributed by atoms with Crippen LogP contribution in [-0.2, 0) is 0 Å². The molecule has 0 saturated heterocycles. The Labute approximate surface area is 115 Å². The predicted molar refractivity (Wildman–Crippen MR) is 78.7 cm³/mol. The number of hydrogen-bond donors (Lipinski definition) is 1. The third kappa shape index (κ3) is 2.46. The van der Waals surface area contributed by atoms with Crippen molar-refractivity contribution in [2.45, 2.75) is 26.8 Å². The normalized spacial score (nSPS) is 12.8. The van der Waals surface area contributed by atoms with E-state index in [0.717, 1.165) is 0 Å². The summed E-state index contributed by atoms with van der Waals surface area (Å²) in [6.45, 7) is 6.33. The lowest BCUT2D eigenvalue weighted by molar-refractivity contribution is 0.865. The molecular formula is C14H16BrNS. The van der Waals surface area contributed by atoms with Crippen LogP contribution in [0.15, 0.2) is 28.1 Å². The monoisotopic (exact) mass is 309 g/mol. The number of thiophene rings is 1. The number of hydrogen-bond acceptors (Lipinski definition) is 2. The minimum Gasteiger partial charge on any atom is -0.320 e. The van der Waals surface area contributed by atoms with Crippen molar-refractivity contribution in [2.24, 2.45) is 5.73 Å². The SMILES string of the molecule is Cc1cc(C(N)c2ccsc2C)cc(C)c1Br. The summed E-state index contributed by atoms with van der Waals surface area (Å²) in [5.41, 5.74) is 11.2. The highest BCUT2D eigenvalue weighted by Gasteiger charge is 2.14. The summed E-state index contributed by atoms with van der Waals surface area (Å²) in [5.74, 6) is 0. The third-order valence-corrected chi connectivity index (χ3v) is 5.16. The van der Waals surface area contributed by atoms with Crippen molar-refractivity contribution >= 4 is 27.3 Å². The van der Waals surface area contributed by atoms with Crippen molar-refractivity contribution in [1.82, 2.24) is 0 Å². The smallest absolute Gasteiger partial charge is 0.0562 e. The standard InChI is InChI=1S/C14H16BrNS/c1-8-6-11(7-9(2)13(8)15)14(16)12-4-5-17-10(12)3/h4-7,14H,16H2,1-3H3. The van der Waals surface area contributed by atoms with Gasteiger partial charge in [0.15, 0.2) is 0 Å². The van der Waals surface area contributed by atoms with E-state index in [1.807, 2.05) is 0 Å². The first-order chi connectivity index (χ1) is 8.00. The van der Waals surface area contributed by atoms with Gasteiger partial charge in [0.2, 0.25) is 0 Å². The Morgan fingerprint density at radius 1 is 1.18 bits per heavy atom. The lowest BCUT2D eigenvalue weighted by Gasteiger charge is -2.15. The van der Waals surface area contributed by atoms with Crippen LogP contribution in [0.25, 0.3) is 0 Å². The Morgan fingerprint density at radius 2 is 1.76 bits per heavy atom. The summed E-state index contributed by atoms with van der Waals surface area (Å²) in [6, 6.07) is 6.43. The molecule has 0 spiro atoms. The zero-order valence-corrected chi connectivity index (χ0v) is 12.7. The van der Waals surface area contributed by atoms with Gasteiger partial charge in [-0.05, 0) is 54.5 Å². The van der Waals surface area contributed by atoms with E-state index in [2.05, 4.69) is 60.3 Å². The van der Waals surface area contributed by atoms with Crippen molar-refractivity contribution < 1.29 is 0 Å². The Morgan fingerprint density at radius 3 is 2.24 bits per heavy atom. The third-order valence-electron chi connectivity index (χ3n) is 3.05. The van der Waals surface area contributed by atoms with Gasteiger partial charge in [0.25, 0.3) is 0 Å². The fraction of sp³-hybridized carbons (Fsp3) is 0.286. The van der Waals surface area contributed by atoms with Gasteiger partial charge in [-0.25, -0.2) is 0 Å². The van der Waals surface area contributed by atoms with Crippen LogP contribution in [0.3, 0.4) is 0 Å². The molecule has 0 bridgehead atoms. The minimum atomic E-state index is -0.0215. The van der Waals surface area contributed by atoms with E-state index in [0.29, 0.717) is 0 Å². The van der Waals surface area contributed by atoms with Crippen LogP contribution in [0.5, 0.6) is 0 Å². The molecule has 0 saturated carbocycles. The van der Waals surface area contributed by atoms with Crippen LogP contribution in [0, 0.1) is 20.8 Å². The lowest BCUT2D eigenvalue weighted by atomic mass is 9.97. The zero-order chi connectivity index (χ0) is 12.6. The molecule has 2 rings (SSSR count). The molecular weight excluding hydrogens is 294 g/mol.